The molecule has 0 aromatic heterocycles. The Kier molecular flexibility index (Phi) is 7.85. The fraction of sp³-hybridized carbons (Fsp3) is 0.833. The van der Waals surface area contributed by atoms with Crippen LogP contribution in [0.5, 0.6) is 0 Å². The number of rotatable bonds is 8. The third-order valence-electron chi connectivity index (χ3n) is 3.05. The fourth-order valence-corrected chi connectivity index (χ4v) is 2.15. The lowest BCUT2D eigenvalue weighted by atomic mass is 10.2. The Hall–Kier alpha value is -0.790. The van der Waals surface area contributed by atoms with Crippen molar-refractivity contribution in [1.82, 2.24) is 10.2 Å². The van der Waals surface area contributed by atoms with Gasteiger partial charge in [0.15, 0.2) is 0 Å². The second-order valence-corrected chi connectivity index (χ2v) is 4.92. The van der Waals surface area contributed by atoms with Gasteiger partial charge < -0.3 is 15.2 Å². The van der Waals surface area contributed by atoms with Crippen molar-refractivity contribution in [3.8, 4) is 0 Å². The summed E-state index contributed by atoms with van der Waals surface area (Å²) in [5.74, 6) is -1.16. The van der Waals surface area contributed by atoms with Crippen LogP contribution < -0.4 is 5.32 Å². The van der Waals surface area contributed by atoms with Crippen LogP contribution in [0.2, 0.25) is 0 Å². The maximum atomic E-state index is 11.5. The molecule has 1 amide bonds. The number of carboxylic acids is 1. The first-order valence-corrected chi connectivity index (χ1v) is 7.20. The zero-order chi connectivity index (χ0) is 14.1. The third-order valence-corrected chi connectivity index (χ3v) is 3.41. The number of nitrogens with zero attached hydrogens (tertiary/aromatic N) is 1. The second-order valence-electron chi connectivity index (χ2n) is 4.55. The zero-order valence-electron chi connectivity index (χ0n) is 11.0. The number of unbranched alkanes of at least 4 members (excludes halogenated alkanes) is 1. The number of carbonyl (C=O) groups is 2. The summed E-state index contributed by atoms with van der Waals surface area (Å²) in [7, 11) is 0. The molecule has 1 unspecified atom stereocenters. The highest BCUT2D eigenvalue weighted by Gasteiger charge is 2.17. The lowest BCUT2D eigenvalue weighted by Crippen LogP contribution is -2.42. The van der Waals surface area contributed by atoms with E-state index in [4.69, 9.17) is 9.84 Å². The topological polar surface area (TPSA) is 78.9 Å². The number of aliphatic carboxylic acids is 1. The number of hydrogen-bond acceptors (Lipinski definition) is 5. The number of amides is 1. The van der Waals surface area contributed by atoms with Crippen molar-refractivity contribution in [3.63, 3.8) is 0 Å². The normalized spacial score (nSPS) is 17.9. The van der Waals surface area contributed by atoms with E-state index in [9.17, 15) is 9.59 Å². The summed E-state index contributed by atoms with van der Waals surface area (Å²) < 4.78 is 5.25. The van der Waals surface area contributed by atoms with Gasteiger partial charge in [0.2, 0.25) is 5.91 Å². The summed E-state index contributed by atoms with van der Waals surface area (Å²) in [6, 6.07) is -0.893. The quantitative estimate of drug-likeness (QED) is 0.433. The molecule has 6 nitrogen and oxygen atoms in total. The van der Waals surface area contributed by atoms with Gasteiger partial charge in [0.25, 0.3) is 0 Å². The molecule has 1 saturated heterocycles. The van der Waals surface area contributed by atoms with E-state index in [-0.39, 0.29) is 11.7 Å². The first-order valence-electron chi connectivity index (χ1n) is 6.56. The van der Waals surface area contributed by atoms with E-state index in [0.717, 1.165) is 45.7 Å². The molecule has 1 atom stereocenters. The molecule has 110 valence electrons. The molecule has 0 saturated carbocycles. The standard InChI is InChI=1S/C12H22N2O4S/c15-11(13-10(9-19)12(16)17)3-1-2-4-14-5-7-18-8-6-14/h10,19H,1-9H2,(H,13,15)(H,16,17). The van der Waals surface area contributed by atoms with E-state index in [2.05, 4.69) is 22.8 Å². The second kappa shape index (κ2) is 9.17. The van der Waals surface area contributed by atoms with Crippen LogP contribution in [-0.2, 0) is 14.3 Å². The minimum Gasteiger partial charge on any atom is -0.480 e. The van der Waals surface area contributed by atoms with Crippen molar-refractivity contribution < 1.29 is 19.4 Å². The van der Waals surface area contributed by atoms with Crippen LogP contribution in [0.1, 0.15) is 19.3 Å². The molecule has 0 aromatic rings. The van der Waals surface area contributed by atoms with Crippen LogP contribution in [0.3, 0.4) is 0 Å². The van der Waals surface area contributed by atoms with Crippen molar-refractivity contribution in [2.24, 2.45) is 0 Å². The lowest BCUT2D eigenvalue weighted by molar-refractivity contribution is -0.141. The summed E-state index contributed by atoms with van der Waals surface area (Å²) >= 11 is 3.89. The van der Waals surface area contributed by atoms with Crippen molar-refractivity contribution in [2.75, 3.05) is 38.6 Å². The predicted octanol–water partition coefficient (Wildman–Crippen LogP) is -0.0119. The molecule has 1 heterocycles. The van der Waals surface area contributed by atoms with Crippen LogP contribution in [0.15, 0.2) is 0 Å². The van der Waals surface area contributed by atoms with Gasteiger partial charge in [0, 0.05) is 25.3 Å². The number of ether oxygens (including phenoxy) is 1. The van der Waals surface area contributed by atoms with Crippen molar-refractivity contribution >= 4 is 24.5 Å². The van der Waals surface area contributed by atoms with Gasteiger partial charge in [-0.05, 0) is 19.4 Å². The zero-order valence-corrected chi connectivity index (χ0v) is 11.9. The Labute approximate surface area is 118 Å². The molecule has 7 heteroatoms. The van der Waals surface area contributed by atoms with Crippen molar-refractivity contribution in [3.05, 3.63) is 0 Å². The van der Waals surface area contributed by atoms with Gasteiger partial charge in [-0.1, -0.05) is 0 Å². The largest absolute Gasteiger partial charge is 0.480 e. The molecule has 2 N–H and O–H groups in total. The molecule has 1 aliphatic heterocycles. The highest BCUT2D eigenvalue weighted by atomic mass is 32.1. The van der Waals surface area contributed by atoms with Crippen LogP contribution in [0.25, 0.3) is 0 Å². The minimum absolute atomic E-state index is 0.106. The first-order chi connectivity index (χ1) is 9.13. The molecule has 1 aliphatic rings. The predicted molar refractivity (Wildman–Crippen MR) is 74.5 cm³/mol. The van der Waals surface area contributed by atoms with E-state index in [1.54, 1.807) is 0 Å². The van der Waals surface area contributed by atoms with Gasteiger partial charge >= 0.3 is 5.97 Å². The Morgan fingerprint density at radius 1 is 1.32 bits per heavy atom. The minimum atomic E-state index is -1.04. The van der Waals surface area contributed by atoms with Gasteiger partial charge in [-0.25, -0.2) is 4.79 Å². The summed E-state index contributed by atoms with van der Waals surface area (Å²) in [6.07, 6.45) is 2.07. The molecule has 0 bridgehead atoms. The number of morpholine rings is 1. The van der Waals surface area contributed by atoms with Crippen LogP contribution in [-0.4, -0.2) is 66.5 Å². The molecular weight excluding hydrogens is 268 g/mol. The summed E-state index contributed by atoms with van der Waals surface area (Å²) in [4.78, 5) is 24.6. The number of hydrogen-bond donors (Lipinski definition) is 3. The monoisotopic (exact) mass is 290 g/mol. The SMILES string of the molecule is O=C(CCCCN1CCOCC1)NC(CS)C(=O)O. The van der Waals surface area contributed by atoms with E-state index >= 15 is 0 Å². The molecule has 19 heavy (non-hydrogen) atoms. The van der Waals surface area contributed by atoms with Gasteiger partial charge in [0.05, 0.1) is 13.2 Å². The fourth-order valence-electron chi connectivity index (χ4n) is 1.90. The molecule has 1 fully saturated rings. The third kappa shape index (κ3) is 6.79. The summed E-state index contributed by atoms with van der Waals surface area (Å²) in [5, 5.41) is 11.2. The molecule has 0 aliphatic carbocycles. The maximum absolute atomic E-state index is 11.5. The van der Waals surface area contributed by atoms with Crippen LogP contribution in [0.4, 0.5) is 0 Å². The number of nitrogens with one attached hydrogen (secondary N) is 1. The van der Waals surface area contributed by atoms with E-state index < -0.39 is 12.0 Å². The smallest absolute Gasteiger partial charge is 0.327 e. The average Bonchev–Trinajstić information content (AvgIpc) is 2.42. The average molecular weight is 290 g/mol. The number of carboxylic acid groups (broad SMARTS) is 1. The van der Waals surface area contributed by atoms with Gasteiger partial charge in [-0.3, -0.25) is 9.69 Å². The molecule has 0 spiro atoms. The van der Waals surface area contributed by atoms with Crippen LogP contribution >= 0.6 is 12.6 Å². The lowest BCUT2D eigenvalue weighted by Gasteiger charge is -2.26. The molecule has 0 aromatic carbocycles. The Morgan fingerprint density at radius 3 is 2.58 bits per heavy atom. The Bertz CT molecular complexity index is 295. The van der Waals surface area contributed by atoms with Crippen molar-refractivity contribution in [2.45, 2.75) is 25.3 Å². The highest BCUT2D eigenvalue weighted by Crippen LogP contribution is 2.02. The maximum Gasteiger partial charge on any atom is 0.327 e. The van der Waals surface area contributed by atoms with Gasteiger partial charge in [-0.2, -0.15) is 12.6 Å². The van der Waals surface area contributed by atoms with E-state index in [0.29, 0.717) is 6.42 Å². The Balaban J connectivity index is 2.07. The number of carbonyl (C=O) groups excluding carboxylic acids is 1. The molecule has 1 rings (SSSR count). The van der Waals surface area contributed by atoms with E-state index in [1.165, 1.54) is 0 Å². The Morgan fingerprint density at radius 2 is 2.00 bits per heavy atom. The van der Waals surface area contributed by atoms with Gasteiger partial charge in [0.1, 0.15) is 6.04 Å². The summed E-state index contributed by atoms with van der Waals surface area (Å²) in [6.45, 7) is 4.43. The first kappa shape index (κ1) is 16.3. The van der Waals surface area contributed by atoms with Crippen molar-refractivity contribution in [1.29, 1.82) is 0 Å². The van der Waals surface area contributed by atoms with Gasteiger partial charge in [-0.15, -0.1) is 0 Å². The van der Waals surface area contributed by atoms with E-state index in [1.807, 2.05) is 0 Å². The molecule has 0 radical (unpaired) electrons. The molecular formula is C12H22N2O4S. The highest BCUT2D eigenvalue weighted by molar-refractivity contribution is 7.80. The van der Waals surface area contributed by atoms with Crippen LogP contribution in [0, 0.1) is 0 Å². The number of thiol groups is 1. The summed E-state index contributed by atoms with van der Waals surface area (Å²) in [5.41, 5.74) is 0.